The summed E-state index contributed by atoms with van der Waals surface area (Å²) in [4.78, 5) is 9.24. The van der Waals surface area contributed by atoms with Crippen molar-refractivity contribution in [1.29, 1.82) is 0 Å². The lowest BCUT2D eigenvalue weighted by Crippen LogP contribution is -2.47. The first-order valence-electron chi connectivity index (χ1n) is 10.7. The maximum atomic E-state index is 5.55. The van der Waals surface area contributed by atoms with Gasteiger partial charge >= 0.3 is 0 Å². The van der Waals surface area contributed by atoms with E-state index in [-0.39, 0.29) is 30.0 Å². The summed E-state index contributed by atoms with van der Waals surface area (Å²) in [6.45, 7) is 10.5. The normalized spacial score (nSPS) is 17.2. The number of rotatable bonds is 10. The van der Waals surface area contributed by atoms with Crippen LogP contribution in [0.15, 0.2) is 29.3 Å². The number of hydrogen-bond donors (Lipinski definition) is 2. The Balaban J connectivity index is 0.00000450. The molecular weight excluding hydrogens is 493 g/mol. The van der Waals surface area contributed by atoms with Crippen molar-refractivity contribution in [3.8, 4) is 5.75 Å². The Bertz CT molecular complexity index is 608. The fourth-order valence-electron chi connectivity index (χ4n) is 3.47. The fraction of sp³-hybridized carbons (Fsp3) is 0.682. The van der Waals surface area contributed by atoms with E-state index in [2.05, 4.69) is 58.5 Å². The third kappa shape index (κ3) is 8.56. The van der Waals surface area contributed by atoms with Gasteiger partial charge in [-0.25, -0.2) is 0 Å². The summed E-state index contributed by atoms with van der Waals surface area (Å²) in [6.07, 6.45) is 1.16. The summed E-state index contributed by atoms with van der Waals surface area (Å²) in [5.41, 5.74) is 1.27. The summed E-state index contributed by atoms with van der Waals surface area (Å²) >= 11 is 0. The molecule has 1 fully saturated rings. The Morgan fingerprint density at radius 1 is 1.23 bits per heavy atom. The zero-order chi connectivity index (χ0) is 21.1. The number of nitrogens with one attached hydrogen (secondary N) is 2. The average Bonchev–Trinajstić information content (AvgIpc) is 2.78. The lowest BCUT2D eigenvalue weighted by Gasteiger charge is -2.35. The minimum Gasteiger partial charge on any atom is -0.497 e. The molecule has 1 aliphatic rings. The number of aliphatic imine (C=N–C) groups is 1. The van der Waals surface area contributed by atoms with E-state index in [1.807, 2.05) is 19.2 Å². The minimum absolute atomic E-state index is 0. The highest BCUT2D eigenvalue weighted by Crippen LogP contribution is 2.23. The van der Waals surface area contributed by atoms with Crippen molar-refractivity contribution in [3.63, 3.8) is 0 Å². The Labute approximate surface area is 199 Å². The van der Waals surface area contributed by atoms with Crippen LogP contribution in [-0.4, -0.2) is 88.9 Å². The van der Waals surface area contributed by atoms with Crippen LogP contribution >= 0.6 is 24.0 Å². The molecule has 7 nitrogen and oxygen atoms in total. The number of ether oxygens (including phenoxy) is 2. The highest BCUT2D eigenvalue weighted by molar-refractivity contribution is 14.0. The van der Waals surface area contributed by atoms with Crippen molar-refractivity contribution in [2.24, 2.45) is 4.99 Å². The second kappa shape index (κ2) is 14.8. The lowest BCUT2D eigenvalue weighted by atomic mass is 10.0. The molecule has 0 aromatic heterocycles. The van der Waals surface area contributed by atoms with Crippen molar-refractivity contribution >= 4 is 29.9 Å². The molecule has 0 saturated carbocycles. The molecule has 0 bridgehead atoms. The maximum absolute atomic E-state index is 5.55. The third-order valence-corrected chi connectivity index (χ3v) is 5.77. The van der Waals surface area contributed by atoms with Gasteiger partial charge in [-0.1, -0.05) is 19.1 Å². The SMILES string of the molecule is CCC(C)N(C)CCNC(=NC)NCC(c1ccc(OC)cc1)N1CCOCC1.I. The monoisotopic (exact) mass is 533 g/mol. The van der Waals surface area contributed by atoms with Crippen LogP contribution in [0.4, 0.5) is 0 Å². The second-order valence-electron chi connectivity index (χ2n) is 7.56. The largest absolute Gasteiger partial charge is 0.497 e. The van der Waals surface area contributed by atoms with Crippen LogP contribution < -0.4 is 15.4 Å². The van der Waals surface area contributed by atoms with Crippen molar-refractivity contribution < 1.29 is 9.47 Å². The molecule has 0 spiro atoms. The molecule has 0 radical (unpaired) electrons. The van der Waals surface area contributed by atoms with E-state index in [4.69, 9.17) is 9.47 Å². The summed E-state index contributed by atoms with van der Waals surface area (Å²) in [7, 11) is 5.69. The molecule has 1 saturated heterocycles. The minimum atomic E-state index is 0. The van der Waals surface area contributed by atoms with E-state index in [1.54, 1.807) is 7.11 Å². The zero-order valence-electron chi connectivity index (χ0n) is 19.2. The summed E-state index contributed by atoms with van der Waals surface area (Å²) in [5.74, 6) is 1.72. The molecule has 1 aliphatic heterocycles. The first-order valence-corrected chi connectivity index (χ1v) is 10.7. The number of halogens is 1. The van der Waals surface area contributed by atoms with Crippen LogP contribution in [0.3, 0.4) is 0 Å². The number of benzene rings is 1. The Morgan fingerprint density at radius 3 is 2.47 bits per heavy atom. The number of guanidine groups is 1. The van der Waals surface area contributed by atoms with Gasteiger partial charge < -0.3 is 25.0 Å². The molecule has 2 atom stereocenters. The summed E-state index contributed by atoms with van der Waals surface area (Å²) < 4.78 is 10.9. The molecule has 1 aromatic carbocycles. The van der Waals surface area contributed by atoms with Crippen molar-refractivity contribution in [2.45, 2.75) is 32.4 Å². The molecule has 0 aliphatic carbocycles. The number of morpholine rings is 1. The fourth-order valence-corrected chi connectivity index (χ4v) is 3.47. The highest BCUT2D eigenvalue weighted by Gasteiger charge is 2.23. The van der Waals surface area contributed by atoms with Gasteiger partial charge in [-0.2, -0.15) is 0 Å². The van der Waals surface area contributed by atoms with Crippen LogP contribution in [0.1, 0.15) is 31.9 Å². The molecule has 2 unspecified atom stereocenters. The first-order chi connectivity index (χ1) is 14.1. The van der Waals surface area contributed by atoms with Gasteiger partial charge in [0, 0.05) is 45.8 Å². The Kier molecular flexibility index (Phi) is 13.3. The smallest absolute Gasteiger partial charge is 0.191 e. The van der Waals surface area contributed by atoms with Gasteiger partial charge in [0.1, 0.15) is 5.75 Å². The quantitative estimate of drug-likeness (QED) is 0.274. The van der Waals surface area contributed by atoms with Gasteiger partial charge in [0.25, 0.3) is 0 Å². The van der Waals surface area contributed by atoms with E-state index in [1.165, 1.54) is 5.56 Å². The first kappa shape index (κ1) is 26.9. The summed E-state index contributed by atoms with van der Waals surface area (Å²) in [6, 6.07) is 9.20. The van der Waals surface area contributed by atoms with Gasteiger partial charge in [-0.15, -0.1) is 24.0 Å². The van der Waals surface area contributed by atoms with Gasteiger partial charge in [-0.05, 0) is 38.1 Å². The standard InChI is InChI=1S/C22H39N5O2.HI/c1-6-18(2)26(4)12-11-24-22(23-3)25-17-21(27-13-15-29-16-14-27)19-7-9-20(28-5)10-8-19;/h7-10,18,21H,6,11-17H2,1-5H3,(H2,23,24,25);1H. The molecule has 2 rings (SSSR count). The van der Waals surface area contributed by atoms with Crippen LogP contribution in [-0.2, 0) is 4.74 Å². The van der Waals surface area contributed by atoms with Crippen molar-refractivity contribution in [3.05, 3.63) is 29.8 Å². The molecular formula is C22H40IN5O2. The Morgan fingerprint density at radius 2 is 1.90 bits per heavy atom. The van der Waals surface area contributed by atoms with E-state index < -0.39 is 0 Å². The Hall–Kier alpha value is -1.10. The van der Waals surface area contributed by atoms with Crippen LogP contribution in [0.2, 0.25) is 0 Å². The number of hydrogen-bond acceptors (Lipinski definition) is 5. The lowest BCUT2D eigenvalue weighted by molar-refractivity contribution is 0.0170. The highest BCUT2D eigenvalue weighted by atomic mass is 127. The second-order valence-corrected chi connectivity index (χ2v) is 7.56. The number of methoxy groups -OCH3 is 1. The summed E-state index contributed by atoms with van der Waals surface area (Å²) in [5, 5.41) is 6.96. The van der Waals surface area contributed by atoms with Gasteiger partial charge in [-0.3, -0.25) is 9.89 Å². The molecule has 172 valence electrons. The van der Waals surface area contributed by atoms with Crippen molar-refractivity contribution in [1.82, 2.24) is 20.4 Å². The topological polar surface area (TPSA) is 61.4 Å². The van der Waals surface area contributed by atoms with Crippen LogP contribution in [0.25, 0.3) is 0 Å². The van der Waals surface area contributed by atoms with Crippen molar-refractivity contribution in [2.75, 3.05) is 67.1 Å². The van der Waals surface area contributed by atoms with Gasteiger partial charge in [0.2, 0.25) is 0 Å². The van der Waals surface area contributed by atoms with Gasteiger partial charge in [0.05, 0.1) is 26.4 Å². The molecule has 30 heavy (non-hydrogen) atoms. The van der Waals surface area contributed by atoms with E-state index in [9.17, 15) is 0 Å². The molecule has 0 amide bonds. The third-order valence-electron chi connectivity index (χ3n) is 5.77. The van der Waals surface area contributed by atoms with Crippen LogP contribution in [0, 0.1) is 0 Å². The van der Waals surface area contributed by atoms with Crippen LogP contribution in [0.5, 0.6) is 5.75 Å². The molecule has 8 heteroatoms. The van der Waals surface area contributed by atoms with Gasteiger partial charge in [0.15, 0.2) is 5.96 Å². The van der Waals surface area contributed by atoms with E-state index >= 15 is 0 Å². The van der Waals surface area contributed by atoms with E-state index in [0.29, 0.717) is 6.04 Å². The van der Waals surface area contributed by atoms with E-state index in [0.717, 1.165) is 64.1 Å². The zero-order valence-corrected chi connectivity index (χ0v) is 21.5. The predicted molar refractivity (Wildman–Crippen MR) is 135 cm³/mol. The number of likely N-dealkylation sites (N-methyl/N-ethyl adjacent to an activating group) is 1. The number of nitrogens with zero attached hydrogens (tertiary/aromatic N) is 3. The average molecular weight is 533 g/mol. The maximum Gasteiger partial charge on any atom is 0.191 e. The molecule has 1 aromatic rings. The predicted octanol–water partition coefficient (Wildman–Crippen LogP) is 2.58. The molecule has 1 heterocycles. The molecule has 2 N–H and O–H groups in total.